The number of halogens is 3. The molecule has 132 valence electrons. The van der Waals surface area contributed by atoms with Crippen LogP contribution >= 0.6 is 0 Å². The Hall–Kier alpha value is -3.03. The van der Waals surface area contributed by atoms with Crippen LogP contribution in [0, 0.1) is 0 Å². The van der Waals surface area contributed by atoms with E-state index in [1.54, 1.807) is 24.3 Å². The van der Waals surface area contributed by atoms with Crippen molar-refractivity contribution >= 4 is 23.3 Å². The molecular weight excluding hydrogens is 335 g/mol. The van der Waals surface area contributed by atoms with Gasteiger partial charge in [0.15, 0.2) is 0 Å². The summed E-state index contributed by atoms with van der Waals surface area (Å²) in [5.41, 5.74) is 0.403. The highest BCUT2D eigenvalue weighted by Gasteiger charge is 2.30. The molecule has 25 heavy (non-hydrogen) atoms. The summed E-state index contributed by atoms with van der Waals surface area (Å²) in [6, 6.07) is 10.2. The third-order valence-corrected chi connectivity index (χ3v) is 3.30. The number of carbonyl (C=O) groups excluding carboxylic acids is 2. The maximum Gasteiger partial charge on any atom is 0.416 e. The Labute approximate surface area is 142 Å². The van der Waals surface area contributed by atoms with E-state index in [9.17, 15) is 22.8 Å². The SMILES string of the molecule is CNC(=O)Cc1ccc(NC(=O)Nc2cccc(C(F)(F)F)c2)cc1. The van der Waals surface area contributed by atoms with Crippen LogP contribution in [0.5, 0.6) is 0 Å². The summed E-state index contributed by atoms with van der Waals surface area (Å²) in [4.78, 5) is 23.2. The fourth-order valence-corrected chi connectivity index (χ4v) is 2.05. The summed E-state index contributed by atoms with van der Waals surface area (Å²) >= 11 is 0. The normalized spacial score (nSPS) is 10.9. The molecule has 0 aromatic heterocycles. The summed E-state index contributed by atoms with van der Waals surface area (Å²) < 4.78 is 37.9. The standard InChI is InChI=1S/C17H16F3N3O2/c1-21-15(24)9-11-5-7-13(8-6-11)22-16(25)23-14-4-2-3-12(10-14)17(18,19)20/h2-8,10H,9H2,1H3,(H,21,24)(H2,22,23,25). The summed E-state index contributed by atoms with van der Waals surface area (Å²) in [6.45, 7) is 0. The zero-order valence-electron chi connectivity index (χ0n) is 13.3. The summed E-state index contributed by atoms with van der Waals surface area (Å²) in [7, 11) is 1.54. The molecule has 0 unspecified atom stereocenters. The molecule has 3 amide bonds. The van der Waals surface area contributed by atoms with Crippen molar-refractivity contribution < 1.29 is 22.8 Å². The number of likely N-dealkylation sites (N-methyl/N-ethyl adjacent to an activating group) is 1. The smallest absolute Gasteiger partial charge is 0.359 e. The predicted molar refractivity (Wildman–Crippen MR) is 88.3 cm³/mol. The lowest BCUT2D eigenvalue weighted by molar-refractivity contribution is -0.137. The molecule has 0 atom stereocenters. The topological polar surface area (TPSA) is 70.2 Å². The Morgan fingerprint density at radius 3 is 2.20 bits per heavy atom. The molecule has 0 radical (unpaired) electrons. The van der Waals surface area contributed by atoms with Crippen molar-refractivity contribution in [2.45, 2.75) is 12.6 Å². The molecule has 2 aromatic rings. The average molecular weight is 351 g/mol. The quantitative estimate of drug-likeness (QED) is 0.787. The molecule has 0 heterocycles. The summed E-state index contributed by atoms with van der Waals surface area (Å²) in [5.74, 6) is -0.136. The van der Waals surface area contributed by atoms with Gasteiger partial charge in [-0.15, -0.1) is 0 Å². The number of nitrogens with one attached hydrogen (secondary N) is 3. The van der Waals surface area contributed by atoms with Crippen molar-refractivity contribution in [1.82, 2.24) is 5.32 Å². The number of benzene rings is 2. The molecule has 0 bridgehead atoms. The van der Waals surface area contributed by atoms with Crippen molar-refractivity contribution in [3.63, 3.8) is 0 Å². The molecule has 0 aliphatic carbocycles. The van der Waals surface area contributed by atoms with Crippen LogP contribution in [-0.4, -0.2) is 19.0 Å². The second-order valence-electron chi connectivity index (χ2n) is 5.20. The van der Waals surface area contributed by atoms with Gasteiger partial charge in [0.25, 0.3) is 0 Å². The molecule has 8 heteroatoms. The van der Waals surface area contributed by atoms with E-state index in [0.717, 1.165) is 17.7 Å². The predicted octanol–water partition coefficient (Wildman–Crippen LogP) is 3.64. The lowest BCUT2D eigenvalue weighted by atomic mass is 10.1. The van der Waals surface area contributed by atoms with Crippen LogP contribution < -0.4 is 16.0 Å². The molecule has 0 fully saturated rings. The lowest BCUT2D eigenvalue weighted by Gasteiger charge is -2.11. The maximum atomic E-state index is 12.6. The highest BCUT2D eigenvalue weighted by atomic mass is 19.4. The zero-order chi connectivity index (χ0) is 18.4. The van der Waals surface area contributed by atoms with Crippen LogP contribution in [0.1, 0.15) is 11.1 Å². The van der Waals surface area contributed by atoms with Crippen LogP contribution in [0.15, 0.2) is 48.5 Å². The van der Waals surface area contributed by atoms with Crippen LogP contribution in [0.3, 0.4) is 0 Å². The third kappa shape index (κ3) is 5.52. The van der Waals surface area contributed by atoms with Crippen molar-refractivity contribution in [3.05, 3.63) is 59.7 Å². The van der Waals surface area contributed by atoms with Gasteiger partial charge >= 0.3 is 12.2 Å². The Kier molecular flexibility index (Phi) is 5.63. The highest BCUT2D eigenvalue weighted by molar-refractivity contribution is 5.99. The molecule has 0 aliphatic rings. The summed E-state index contributed by atoms with van der Waals surface area (Å²) in [6.07, 6.45) is -4.26. The van der Waals surface area contributed by atoms with Gasteiger partial charge in [-0.1, -0.05) is 18.2 Å². The van der Waals surface area contributed by atoms with Crippen molar-refractivity contribution in [1.29, 1.82) is 0 Å². The second-order valence-corrected chi connectivity index (χ2v) is 5.20. The van der Waals surface area contributed by atoms with Gasteiger partial charge in [-0.05, 0) is 35.9 Å². The Morgan fingerprint density at radius 1 is 0.960 bits per heavy atom. The molecular formula is C17H16F3N3O2. The van der Waals surface area contributed by atoms with E-state index in [1.165, 1.54) is 19.2 Å². The minimum atomic E-state index is -4.48. The Balaban J connectivity index is 1.97. The average Bonchev–Trinajstić information content (AvgIpc) is 2.56. The molecule has 0 aliphatic heterocycles. The molecule has 5 nitrogen and oxygen atoms in total. The first kappa shape index (κ1) is 18.3. The van der Waals surface area contributed by atoms with Gasteiger partial charge in [-0.2, -0.15) is 13.2 Å². The van der Waals surface area contributed by atoms with E-state index in [4.69, 9.17) is 0 Å². The van der Waals surface area contributed by atoms with Gasteiger partial charge in [0.2, 0.25) is 5.91 Å². The van der Waals surface area contributed by atoms with Gasteiger partial charge in [-0.25, -0.2) is 4.79 Å². The monoisotopic (exact) mass is 351 g/mol. The third-order valence-electron chi connectivity index (χ3n) is 3.30. The largest absolute Gasteiger partial charge is 0.416 e. The fourth-order valence-electron chi connectivity index (χ4n) is 2.05. The molecule has 0 spiro atoms. The first-order valence-corrected chi connectivity index (χ1v) is 7.33. The van der Waals surface area contributed by atoms with E-state index in [2.05, 4.69) is 16.0 Å². The number of hydrogen-bond acceptors (Lipinski definition) is 2. The van der Waals surface area contributed by atoms with E-state index < -0.39 is 17.8 Å². The Morgan fingerprint density at radius 2 is 1.60 bits per heavy atom. The number of rotatable bonds is 4. The molecule has 2 rings (SSSR count). The molecule has 2 aromatic carbocycles. The number of carbonyl (C=O) groups is 2. The van der Waals surface area contributed by atoms with Crippen LogP contribution in [0.2, 0.25) is 0 Å². The maximum absolute atomic E-state index is 12.6. The number of hydrogen-bond donors (Lipinski definition) is 3. The van der Waals surface area contributed by atoms with E-state index >= 15 is 0 Å². The van der Waals surface area contributed by atoms with Crippen molar-refractivity contribution in [2.24, 2.45) is 0 Å². The van der Waals surface area contributed by atoms with Gasteiger partial charge in [-0.3, -0.25) is 4.79 Å². The number of urea groups is 1. The number of alkyl halides is 3. The van der Waals surface area contributed by atoms with Crippen molar-refractivity contribution in [3.8, 4) is 0 Å². The first-order valence-electron chi connectivity index (χ1n) is 7.33. The van der Waals surface area contributed by atoms with Crippen LogP contribution in [0.25, 0.3) is 0 Å². The van der Waals surface area contributed by atoms with E-state index in [-0.39, 0.29) is 18.0 Å². The molecule has 0 saturated heterocycles. The first-order chi connectivity index (χ1) is 11.8. The minimum absolute atomic E-state index is 0.0311. The van der Waals surface area contributed by atoms with Gasteiger partial charge < -0.3 is 16.0 Å². The van der Waals surface area contributed by atoms with Gasteiger partial charge in [0, 0.05) is 18.4 Å². The second kappa shape index (κ2) is 7.69. The number of anilines is 2. The van der Waals surface area contributed by atoms with Crippen LogP contribution in [0.4, 0.5) is 29.3 Å². The fraction of sp³-hybridized carbons (Fsp3) is 0.176. The summed E-state index contributed by atoms with van der Waals surface area (Å²) in [5, 5.41) is 7.36. The van der Waals surface area contributed by atoms with Gasteiger partial charge in [0.05, 0.1) is 12.0 Å². The lowest BCUT2D eigenvalue weighted by Crippen LogP contribution is -2.20. The highest BCUT2D eigenvalue weighted by Crippen LogP contribution is 2.30. The van der Waals surface area contributed by atoms with Gasteiger partial charge in [0.1, 0.15) is 0 Å². The number of amides is 3. The minimum Gasteiger partial charge on any atom is -0.359 e. The van der Waals surface area contributed by atoms with Crippen LogP contribution in [-0.2, 0) is 17.4 Å². The van der Waals surface area contributed by atoms with Crippen molar-refractivity contribution in [2.75, 3.05) is 17.7 Å². The Bertz CT molecular complexity index is 758. The van der Waals surface area contributed by atoms with E-state index in [0.29, 0.717) is 5.69 Å². The zero-order valence-corrected chi connectivity index (χ0v) is 13.3. The molecule has 3 N–H and O–H groups in total. The van der Waals surface area contributed by atoms with E-state index in [1.807, 2.05) is 0 Å². The molecule has 0 saturated carbocycles.